The third-order valence-electron chi connectivity index (χ3n) is 5.59. The molecule has 0 aliphatic heterocycles. The number of nitrogens with zero attached hydrogens (tertiary/aromatic N) is 5. The Hall–Kier alpha value is -4.31. The molecule has 1 atom stereocenters. The van der Waals surface area contributed by atoms with Gasteiger partial charge in [0.1, 0.15) is 12.4 Å². The van der Waals surface area contributed by atoms with Crippen molar-refractivity contribution in [3.05, 3.63) is 72.3 Å². The average molecular weight is 475 g/mol. The van der Waals surface area contributed by atoms with E-state index in [1.807, 2.05) is 42.2 Å². The SMILES string of the molecule is CC(c1ccc(CCCOCC(=O)O)nc1)n1cc(-c2cc(-c3ccccc3O)nnc2N)cn1. The third kappa shape index (κ3) is 5.79. The number of aliphatic carboxylic acids is 1. The highest BCUT2D eigenvalue weighted by Gasteiger charge is 2.15. The first-order valence-electron chi connectivity index (χ1n) is 11.1. The van der Waals surface area contributed by atoms with Crippen LogP contribution >= 0.6 is 0 Å². The van der Waals surface area contributed by atoms with Crippen LogP contribution in [0.3, 0.4) is 0 Å². The van der Waals surface area contributed by atoms with Crippen LogP contribution in [0.2, 0.25) is 0 Å². The minimum atomic E-state index is -0.970. The van der Waals surface area contributed by atoms with Crippen LogP contribution in [0.4, 0.5) is 5.82 Å². The van der Waals surface area contributed by atoms with Crippen LogP contribution in [0.1, 0.15) is 30.6 Å². The number of nitrogen functional groups attached to an aromatic ring is 1. The molecule has 0 bridgehead atoms. The zero-order valence-electron chi connectivity index (χ0n) is 19.2. The van der Waals surface area contributed by atoms with E-state index in [1.165, 1.54) is 0 Å². The van der Waals surface area contributed by atoms with Crippen molar-refractivity contribution in [1.29, 1.82) is 0 Å². The lowest BCUT2D eigenvalue weighted by molar-refractivity contribution is -0.142. The second-order valence-electron chi connectivity index (χ2n) is 8.06. The van der Waals surface area contributed by atoms with Crippen molar-refractivity contribution in [3.8, 4) is 28.1 Å². The van der Waals surface area contributed by atoms with Gasteiger partial charge in [-0.15, -0.1) is 10.2 Å². The molecular weight excluding hydrogens is 448 g/mol. The zero-order valence-corrected chi connectivity index (χ0v) is 19.2. The van der Waals surface area contributed by atoms with Gasteiger partial charge in [-0.1, -0.05) is 18.2 Å². The second-order valence-corrected chi connectivity index (χ2v) is 8.06. The van der Waals surface area contributed by atoms with E-state index in [-0.39, 0.29) is 24.2 Å². The number of hydrogen-bond acceptors (Lipinski definition) is 8. The van der Waals surface area contributed by atoms with E-state index < -0.39 is 5.97 Å². The van der Waals surface area contributed by atoms with Crippen LogP contribution in [-0.2, 0) is 16.0 Å². The summed E-state index contributed by atoms with van der Waals surface area (Å²) < 4.78 is 6.88. The largest absolute Gasteiger partial charge is 0.507 e. The molecule has 0 saturated carbocycles. The van der Waals surface area contributed by atoms with Gasteiger partial charge in [0.05, 0.1) is 17.9 Å². The predicted molar refractivity (Wildman–Crippen MR) is 130 cm³/mol. The molecule has 35 heavy (non-hydrogen) atoms. The number of phenols is 1. The first kappa shape index (κ1) is 23.8. The summed E-state index contributed by atoms with van der Waals surface area (Å²) in [4.78, 5) is 15.0. The summed E-state index contributed by atoms with van der Waals surface area (Å²) in [5.41, 5.74) is 10.5. The van der Waals surface area contributed by atoms with Crippen LogP contribution in [0.5, 0.6) is 5.75 Å². The summed E-state index contributed by atoms with van der Waals surface area (Å²) >= 11 is 0. The Morgan fingerprint density at radius 3 is 2.71 bits per heavy atom. The van der Waals surface area contributed by atoms with Gasteiger partial charge in [-0.3, -0.25) is 9.67 Å². The van der Waals surface area contributed by atoms with Crippen molar-refractivity contribution >= 4 is 11.8 Å². The number of anilines is 1. The summed E-state index contributed by atoms with van der Waals surface area (Å²) in [7, 11) is 0. The monoisotopic (exact) mass is 474 g/mol. The van der Waals surface area contributed by atoms with Crippen molar-refractivity contribution < 1.29 is 19.7 Å². The standard InChI is InChI=1S/C25H26N6O4/c1-16(17-8-9-19(27-12-17)5-4-10-35-15-24(33)34)31-14-18(13-28-31)21-11-22(29-30-25(21)26)20-6-2-3-7-23(20)32/h2-3,6-9,11-14,16,32H,4-5,10,15H2,1H3,(H2,26,30)(H,33,34). The Bertz CT molecular complexity index is 1310. The van der Waals surface area contributed by atoms with E-state index in [2.05, 4.69) is 20.3 Å². The Morgan fingerprint density at radius 2 is 1.97 bits per heavy atom. The number of carbonyl (C=O) groups is 1. The lowest BCUT2D eigenvalue weighted by Crippen LogP contribution is -2.09. The summed E-state index contributed by atoms with van der Waals surface area (Å²) in [6.45, 7) is 2.11. The van der Waals surface area contributed by atoms with Gasteiger partial charge >= 0.3 is 5.97 Å². The van der Waals surface area contributed by atoms with Gasteiger partial charge in [-0.05, 0) is 49.6 Å². The molecule has 0 fully saturated rings. The molecule has 4 N–H and O–H groups in total. The first-order valence-corrected chi connectivity index (χ1v) is 11.1. The number of aromatic hydroxyl groups is 1. The lowest BCUT2D eigenvalue weighted by atomic mass is 10.1. The summed E-state index contributed by atoms with van der Waals surface area (Å²) in [5, 5.41) is 31.5. The maximum atomic E-state index is 10.5. The van der Waals surface area contributed by atoms with Crippen LogP contribution in [0.15, 0.2) is 61.1 Å². The average Bonchev–Trinajstić information content (AvgIpc) is 3.34. The molecule has 4 rings (SSSR count). The number of aryl methyl sites for hydroxylation is 1. The number of phenolic OH excluding ortho intramolecular Hbond substituents is 1. The second kappa shape index (κ2) is 10.7. The van der Waals surface area contributed by atoms with E-state index in [1.54, 1.807) is 30.5 Å². The Morgan fingerprint density at radius 1 is 1.14 bits per heavy atom. The van der Waals surface area contributed by atoms with Crippen molar-refractivity contribution in [3.63, 3.8) is 0 Å². The molecule has 0 aliphatic rings. The molecular formula is C25H26N6O4. The summed E-state index contributed by atoms with van der Waals surface area (Å²) in [6.07, 6.45) is 6.82. The summed E-state index contributed by atoms with van der Waals surface area (Å²) in [6, 6.07) is 12.6. The van der Waals surface area contributed by atoms with E-state index in [9.17, 15) is 9.90 Å². The fourth-order valence-electron chi connectivity index (χ4n) is 3.64. The molecule has 1 unspecified atom stereocenters. The van der Waals surface area contributed by atoms with Crippen LogP contribution in [0, 0.1) is 0 Å². The number of hydrogen-bond donors (Lipinski definition) is 3. The molecule has 0 saturated heterocycles. The molecule has 4 aromatic rings. The number of nitrogens with two attached hydrogens (primary N) is 1. The molecule has 3 aromatic heterocycles. The number of pyridine rings is 1. The Kier molecular flexibility index (Phi) is 7.32. The number of carboxylic acid groups (broad SMARTS) is 1. The number of benzene rings is 1. The fraction of sp³-hybridized carbons (Fsp3) is 0.240. The van der Waals surface area contributed by atoms with E-state index in [0.29, 0.717) is 36.3 Å². The van der Waals surface area contributed by atoms with Gasteiger partial charge in [0.25, 0.3) is 0 Å². The van der Waals surface area contributed by atoms with E-state index >= 15 is 0 Å². The minimum Gasteiger partial charge on any atom is -0.507 e. The fourth-order valence-corrected chi connectivity index (χ4v) is 3.64. The van der Waals surface area contributed by atoms with Crippen molar-refractivity contribution in [2.75, 3.05) is 18.9 Å². The number of aromatic nitrogens is 5. The molecule has 0 spiro atoms. The number of ether oxygens (including phenoxy) is 1. The maximum Gasteiger partial charge on any atom is 0.329 e. The van der Waals surface area contributed by atoms with Crippen LogP contribution in [0.25, 0.3) is 22.4 Å². The highest BCUT2D eigenvalue weighted by Crippen LogP contribution is 2.32. The zero-order chi connectivity index (χ0) is 24.8. The first-order chi connectivity index (χ1) is 16.9. The molecule has 0 aliphatic carbocycles. The number of rotatable bonds is 10. The van der Waals surface area contributed by atoms with Crippen LogP contribution < -0.4 is 5.73 Å². The lowest BCUT2D eigenvalue weighted by Gasteiger charge is -2.13. The van der Waals surface area contributed by atoms with Gasteiger partial charge in [0.15, 0.2) is 5.82 Å². The smallest absolute Gasteiger partial charge is 0.329 e. The van der Waals surface area contributed by atoms with Gasteiger partial charge in [-0.2, -0.15) is 5.10 Å². The number of para-hydroxylation sites is 1. The normalized spacial score (nSPS) is 11.9. The molecule has 180 valence electrons. The van der Waals surface area contributed by atoms with Gasteiger partial charge in [0.2, 0.25) is 0 Å². The molecule has 1 aromatic carbocycles. The van der Waals surface area contributed by atoms with Gasteiger partial charge in [-0.25, -0.2) is 4.79 Å². The highest BCUT2D eigenvalue weighted by molar-refractivity contribution is 5.78. The molecule has 0 amide bonds. The van der Waals surface area contributed by atoms with Crippen molar-refractivity contribution in [2.45, 2.75) is 25.8 Å². The number of carboxylic acids is 1. The van der Waals surface area contributed by atoms with Gasteiger partial charge in [0, 0.05) is 41.4 Å². The van der Waals surface area contributed by atoms with Crippen molar-refractivity contribution in [2.24, 2.45) is 0 Å². The van der Waals surface area contributed by atoms with Gasteiger partial charge < -0.3 is 20.7 Å². The molecule has 10 nitrogen and oxygen atoms in total. The van der Waals surface area contributed by atoms with Crippen molar-refractivity contribution in [1.82, 2.24) is 25.0 Å². The third-order valence-corrected chi connectivity index (χ3v) is 5.59. The quantitative estimate of drug-likeness (QED) is 0.294. The minimum absolute atomic E-state index is 0.0714. The van der Waals surface area contributed by atoms with E-state index in [4.69, 9.17) is 15.6 Å². The van der Waals surface area contributed by atoms with E-state index in [0.717, 1.165) is 16.8 Å². The Balaban J connectivity index is 1.45. The summed E-state index contributed by atoms with van der Waals surface area (Å²) in [5.74, 6) is -0.581. The maximum absolute atomic E-state index is 10.5. The molecule has 3 heterocycles. The Labute approximate surface area is 202 Å². The van der Waals surface area contributed by atoms with Crippen LogP contribution in [-0.4, -0.2) is 54.4 Å². The predicted octanol–water partition coefficient (Wildman–Crippen LogP) is 3.33. The topological polar surface area (TPSA) is 149 Å². The highest BCUT2D eigenvalue weighted by atomic mass is 16.5. The molecule has 0 radical (unpaired) electrons. The molecule has 10 heteroatoms.